The summed E-state index contributed by atoms with van der Waals surface area (Å²) in [4.78, 5) is 8.72. The Morgan fingerprint density at radius 1 is 1.00 bits per heavy atom. The zero-order valence-corrected chi connectivity index (χ0v) is 11.2. The fourth-order valence-electron chi connectivity index (χ4n) is 2.39. The summed E-state index contributed by atoms with van der Waals surface area (Å²) in [6, 6.07) is 14.3. The Hall–Kier alpha value is -2.30. The summed E-state index contributed by atoms with van der Waals surface area (Å²) in [5, 5.41) is 2.35. The molecule has 3 aromatic rings. The van der Waals surface area contributed by atoms with Crippen molar-refractivity contribution in [2.45, 2.75) is 13.0 Å². The lowest BCUT2D eigenvalue weighted by Gasteiger charge is -2.17. The maximum Gasteiger partial charge on any atom is 0.0903 e. The van der Waals surface area contributed by atoms with E-state index >= 15 is 0 Å². The maximum absolute atomic E-state index is 5.75. The number of nitrogens with one attached hydrogen (secondary N) is 1. The minimum Gasteiger partial charge on any atom is -0.271 e. The van der Waals surface area contributed by atoms with Crippen LogP contribution >= 0.6 is 0 Å². The van der Waals surface area contributed by atoms with E-state index in [4.69, 9.17) is 5.84 Å². The van der Waals surface area contributed by atoms with E-state index in [1.165, 1.54) is 10.8 Å². The van der Waals surface area contributed by atoms with Gasteiger partial charge in [-0.15, -0.1) is 0 Å². The predicted octanol–water partition coefficient (Wildman–Crippen LogP) is 2.49. The Morgan fingerprint density at radius 2 is 1.80 bits per heavy atom. The van der Waals surface area contributed by atoms with Gasteiger partial charge < -0.3 is 0 Å². The predicted molar refractivity (Wildman–Crippen MR) is 79.9 cm³/mol. The molecule has 2 aromatic carbocycles. The first-order valence-corrected chi connectivity index (χ1v) is 6.52. The Labute approximate surface area is 117 Å². The van der Waals surface area contributed by atoms with Crippen LogP contribution in [0.15, 0.2) is 54.9 Å². The molecule has 0 spiro atoms. The molecule has 100 valence electrons. The highest BCUT2D eigenvalue weighted by Crippen LogP contribution is 2.27. The lowest BCUT2D eigenvalue weighted by molar-refractivity contribution is 0.620. The van der Waals surface area contributed by atoms with Crippen molar-refractivity contribution < 1.29 is 0 Å². The molecule has 4 nitrogen and oxygen atoms in total. The minimum atomic E-state index is -0.172. The molecule has 1 unspecified atom stereocenters. The van der Waals surface area contributed by atoms with E-state index < -0.39 is 0 Å². The standard InChI is InChI=1S/C16H16N4/c1-11-9-19-15(10-18-11)16(20-17)14-8-4-6-12-5-2-3-7-13(12)14/h2-10,16,20H,17H2,1H3. The highest BCUT2D eigenvalue weighted by Gasteiger charge is 2.16. The number of nitrogens with zero attached hydrogens (tertiary/aromatic N) is 2. The van der Waals surface area contributed by atoms with Crippen molar-refractivity contribution >= 4 is 10.8 Å². The first-order valence-electron chi connectivity index (χ1n) is 6.52. The van der Waals surface area contributed by atoms with E-state index in [0.717, 1.165) is 17.0 Å². The molecule has 1 atom stereocenters. The molecule has 3 rings (SSSR count). The Balaban J connectivity index is 2.14. The number of hydrazine groups is 1. The van der Waals surface area contributed by atoms with Crippen LogP contribution in [0.1, 0.15) is 23.0 Å². The zero-order chi connectivity index (χ0) is 13.9. The number of aromatic nitrogens is 2. The molecule has 0 bridgehead atoms. The van der Waals surface area contributed by atoms with E-state index in [-0.39, 0.29) is 6.04 Å². The van der Waals surface area contributed by atoms with Crippen molar-refractivity contribution in [3.63, 3.8) is 0 Å². The molecule has 20 heavy (non-hydrogen) atoms. The quantitative estimate of drug-likeness (QED) is 0.563. The Bertz CT molecular complexity index is 717. The molecule has 0 saturated carbocycles. The Kier molecular flexibility index (Phi) is 3.41. The molecule has 1 heterocycles. The van der Waals surface area contributed by atoms with Crippen LogP contribution in [0.2, 0.25) is 0 Å². The summed E-state index contributed by atoms with van der Waals surface area (Å²) in [5.41, 5.74) is 5.65. The summed E-state index contributed by atoms with van der Waals surface area (Å²) >= 11 is 0. The second kappa shape index (κ2) is 5.36. The monoisotopic (exact) mass is 264 g/mol. The minimum absolute atomic E-state index is 0.172. The van der Waals surface area contributed by atoms with E-state index in [1.807, 2.05) is 25.1 Å². The summed E-state index contributed by atoms with van der Waals surface area (Å²) in [7, 11) is 0. The molecule has 0 amide bonds. The second-order valence-electron chi connectivity index (χ2n) is 4.75. The molecule has 1 aromatic heterocycles. The summed E-state index contributed by atoms with van der Waals surface area (Å²) in [5.74, 6) is 5.75. The summed E-state index contributed by atoms with van der Waals surface area (Å²) < 4.78 is 0. The third kappa shape index (κ3) is 2.27. The number of hydrogen-bond donors (Lipinski definition) is 2. The fraction of sp³-hybridized carbons (Fsp3) is 0.125. The van der Waals surface area contributed by atoms with Crippen molar-refractivity contribution in [1.82, 2.24) is 15.4 Å². The fourth-order valence-corrected chi connectivity index (χ4v) is 2.39. The molecule has 0 aliphatic heterocycles. The van der Waals surface area contributed by atoms with E-state index in [0.29, 0.717) is 0 Å². The highest BCUT2D eigenvalue weighted by molar-refractivity contribution is 5.86. The number of fused-ring (bicyclic) bond motifs is 1. The third-order valence-electron chi connectivity index (χ3n) is 3.40. The number of rotatable bonds is 3. The van der Waals surface area contributed by atoms with Crippen LogP contribution in [0.3, 0.4) is 0 Å². The van der Waals surface area contributed by atoms with Crippen LogP contribution in [0, 0.1) is 6.92 Å². The lowest BCUT2D eigenvalue weighted by atomic mass is 9.97. The smallest absolute Gasteiger partial charge is 0.0903 e. The molecule has 0 fully saturated rings. The number of benzene rings is 2. The van der Waals surface area contributed by atoms with Gasteiger partial charge in [0, 0.05) is 6.20 Å². The Morgan fingerprint density at radius 3 is 2.55 bits per heavy atom. The molecule has 0 aliphatic rings. The second-order valence-corrected chi connectivity index (χ2v) is 4.75. The molecular weight excluding hydrogens is 248 g/mol. The molecular formula is C16H16N4. The van der Waals surface area contributed by atoms with Crippen LogP contribution < -0.4 is 11.3 Å². The van der Waals surface area contributed by atoms with Gasteiger partial charge in [0.1, 0.15) is 0 Å². The maximum atomic E-state index is 5.75. The van der Waals surface area contributed by atoms with Gasteiger partial charge in [0.25, 0.3) is 0 Å². The summed E-state index contributed by atoms with van der Waals surface area (Å²) in [6.45, 7) is 1.92. The largest absolute Gasteiger partial charge is 0.271 e. The SMILES string of the molecule is Cc1cnc(C(NN)c2cccc3ccccc23)cn1. The topological polar surface area (TPSA) is 63.8 Å². The van der Waals surface area contributed by atoms with Crippen molar-refractivity contribution in [3.8, 4) is 0 Å². The number of aryl methyl sites for hydroxylation is 1. The first kappa shape index (κ1) is 12.7. The van der Waals surface area contributed by atoms with Gasteiger partial charge >= 0.3 is 0 Å². The third-order valence-corrected chi connectivity index (χ3v) is 3.40. The summed E-state index contributed by atoms with van der Waals surface area (Å²) in [6.07, 6.45) is 3.52. The molecule has 3 N–H and O–H groups in total. The number of hydrogen-bond acceptors (Lipinski definition) is 4. The van der Waals surface area contributed by atoms with Crippen molar-refractivity contribution in [2.75, 3.05) is 0 Å². The van der Waals surface area contributed by atoms with Gasteiger partial charge in [-0.2, -0.15) is 0 Å². The molecule has 4 heteroatoms. The van der Waals surface area contributed by atoms with Gasteiger partial charge in [0.2, 0.25) is 0 Å². The van der Waals surface area contributed by atoms with E-state index in [2.05, 4.69) is 39.7 Å². The average Bonchev–Trinajstić information content (AvgIpc) is 2.50. The molecule has 0 aliphatic carbocycles. The normalized spacial score (nSPS) is 12.5. The highest BCUT2D eigenvalue weighted by atomic mass is 15.2. The van der Waals surface area contributed by atoms with Crippen molar-refractivity contribution in [2.24, 2.45) is 5.84 Å². The van der Waals surface area contributed by atoms with Crippen LogP contribution in [-0.2, 0) is 0 Å². The van der Waals surface area contributed by atoms with Crippen molar-refractivity contribution in [1.29, 1.82) is 0 Å². The molecule has 0 saturated heterocycles. The number of nitrogens with two attached hydrogens (primary N) is 1. The lowest BCUT2D eigenvalue weighted by Crippen LogP contribution is -2.29. The zero-order valence-electron chi connectivity index (χ0n) is 11.2. The first-order chi connectivity index (χ1) is 9.79. The van der Waals surface area contributed by atoms with Gasteiger partial charge in [-0.1, -0.05) is 42.5 Å². The van der Waals surface area contributed by atoms with E-state index in [9.17, 15) is 0 Å². The van der Waals surface area contributed by atoms with Crippen molar-refractivity contribution in [3.05, 3.63) is 71.8 Å². The van der Waals surface area contributed by atoms with Crippen LogP contribution in [-0.4, -0.2) is 9.97 Å². The van der Waals surface area contributed by atoms with E-state index in [1.54, 1.807) is 12.4 Å². The van der Waals surface area contributed by atoms with Gasteiger partial charge in [-0.3, -0.25) is 15.8 Å². The molecule has 0 radical (unpaired) electrons. The van der Waals surface area contributed by atoms with Gasteiger partial charge in [0.05, 0.1) is 23.6 Å². The van der Waals surface area contributed by atoms with Gasteiger partial charge in [-0.25, -0.2) is 5.43 Å². The van der Waals surface area contributed by atoms with Gasteiger partial charge in [-0.05, 0) is 23.3 Å². The van der Waals surface area contributed by atoms with Crippen LogP contribution in [0.5, 0.6) is 0 Å². The average molecular weight is 264 g/mol. The van der Waals surface area contributed by atoms with Crippen LogP contribution in [0.25, 0.3) is 10.8 Å². The van der Waals surface area contributed by atoms with Gasteiger partial charge in [0.15, 0.2) is 0 Å². The van der Waals surface area contributed by atoms with Crippen LogP contribution in [0.4, 0.5) is 0 Å².